The van der Waals surface area contributed by atoms with Gasteiger partial charge in [0, 0.05) is 13.6 Å². The smallest absolute Gasteiger partial charge is 0.272 e. The quantitative estimate of drug-likeness (QED) is 0.875. The Morgan fingerprint density at radius 3 is 2.86 bits per heavy atom. The van der Waals surface area contributed by atoms with Crippen molar-refractivity contribution in [1.29, 1.82) is 0 Å². The number of amides is 1. The first kappa shape index (κ1) is 14.6. The summed E-state index contributed by atoms with van der Waals surface area (Å²) in [6.45, 7) is 2.69. The normalized spacial score (nSPS) is 17.8. The number of hydrogen-bond donors (Lipinski definition) is 0. The minimum absolute atomic E-state index is 0.0495. The molecule has 0 radical (unpaired) electrons. The monoisotopic (exact) mass is 299 g/mol. The van der Waals surface area contributed by atoms with Gasteiger partial charge in [0.2, 0.25) is 0 Å². The van der Waals surface area contributed by atoms with Gasteiger partial charge < -0.3 is 9.64 Å². The second-order valence-corrected chi connectivity index (χ2v) is 5.73. The van der Waals surface area contributed by atoms with Gasteiger partial charge in [-0.15, -0.1) is 0 Å². The number of rotatable bonds is 3. The summed E-state index contributed by atoms with van der Waals surface area (Å²) in [6.07, 6.45) is 2.00. The van der Waals surface area contributed by atoms with Crippen LogP contribution in [0.3, 0.4) is 0 Å². The van der Waals surface area contributed by atoms with Gasteiger partial charge in [0.15, 0.2) is 0 Å². The number of hydrogen-bond acceptors (Lipinski definition) is 3. The van der Waals surface area contributed by atoms with Crippen LogP contribution in [-0.2, 0) is 7.05 Å². The van der Waals surface area contributed by atoms with Gasteiger partial charge in [-0.2, -0.15) is 5.10 Å². The number of aryl methyl sites for hydroxylation is 2. The summed E-state index contributed by atoms with van der Waals surface area (Å²) in [5.41, 5.74) is 2.64. The SMILES string of the molecule is COc1cccc([C@H]2CCCN2C(=O)c2cc(C)nn2C)c1. The Bertz CT molecular complexity index is 693. The minimum atomic E-state index is 0.0495. The van der Waals surface area contributed by atoms with Crippen LogP contribution in [0.2, 0.25) is 0 Å². The zero-order valence-corrected chi connectivity index (χ0v) is 13.2. The Morgan fingerprint density at radius 2 is 2.18 bits per heavy atom. The number of carbonyl (C=O) groups is 1. The molecular formula is C17H21N3O2. The van der Waals surface area contributed by atoms with Crippen molar-refractivity contribution in [3.8, 4) is 5.75 Å². The summed E-state index contributed by atoms with van der Waals surface area (Å²) >= 11 is 0. The van der Waals surface area contributed by atoms with Crippen LogP contribution in [0.25, 0.3) is 0 Å². The fourth-order valence-corrected chi connectivity index (χ4v) is 3.16. The van der Waals surface area contributed by atoms with Crippen LogP contribution in [0.4, 0.5) is 0 Å². The Balaban J connectivity index is 1.89. The number of methoxy groups -OCH3 is 1. The maximum atomic E-state index is 12.9. The first-order valence-electron chi connectivity index (χ1n) is 7.55. The molecule has 1 saturated heterocycles. The van der Waals surface area contributed by atoms with Crippen molar-refractivity contribution in [1.82, 2.24) is 14.7 Å². The van der Waals surface area contributed by atoms with E-state index in [2.05, 4.69) is 11.2 Å². The number of carbonyl (C=O) groups excluding carboxylic acids is 1. The molecule has 1 fully saturated rings. The molecule has 5 nitrogen and oxygen atoms in total. The number of benzene rings is 1. The fraction of sp³-hybridized carbons (Fsp3) is 0.412. The largest absolute Gasteiger partial charge is 0.497 e. The van der Waals surface area contributed by atoms with Crippen LogP contribution in [0, 0.1) is 6.92 Å². The van der Waals surface area contributed by atoms with E-state index in [-0.39, 0.29) is 11.9 Å². The molecule has 5 heteroatoms. The zero-order valence-electron chi connectivity index (χ0n) is 13.2. The van der Waals surface area contributed by atoms with Crippen LogP contribution >= 0.6 is 0 Å². The predicted molar refractivity (Wildman–Crippen MR) is 84.0 cm³/mol. The lowest BCUT2D eigenvalue weighted by Crippen LogP contribution is -2.32. The van der Waals surface area contributed by atoms with Crippen LogP contribution in [0.15, 0.2) is 30.3 Å². The van der Waals surface area contributed by atoms with Crippen LogP contribution in [0.1, 0.15) is 40.6 Å². The molecule has 0 N–H and O–H groups in total. The maximum Gasteiger partial charge on any atom is 0.272 e. The van der Waals surface area contributed by atoms with Crippen molar-refractivity contribution >= 4 is 5.91 Å². The standard InChI is InChI=1S/C17H21N3O2/c1-12-10-16(19(2)18-12)17(21)20-9-5-8-15(20)13-6-4-7-14(11-13)22-3/h4,6-7,10-11,15H,5,8-9H2,1-3H3/t15-/m1/s1. The minimum Gasteiger partial charge on any atom is -0.497 e. The molecule has 1 aliphatic heterocycles. The molecule has 0 spiro atoms. The average molecular weight is 299 g/mol. The lowest BCUT2D eigenvalue weighted by molar-refractivity contribution is 0.0724. The highest BCUT2D eigenvalue weighted by molar-refractivity contribution is 5.93. The van der Waals surface area contributed by atoms with E-state index in [1.54, 1.807) is 11.8 Å². The summed E-state index contributed by atoms with van der Waals surface area (Å²) < 4.78 is 6.96. The number of ether oxygens (including phenoxy) is 1. The molecule has 1 amide bonds. The van der Waals surface area contributed by atoms with E-state index in [9.17, 15) is 4.79 Å². The molecule has 2 aromatic rings. The Morgan fingerprint density at radius 1 is 1.36 bits per heavy atom. The molecule has 0 unspecified atom stereocenters. The third-order valence-corrected chi connectivity index (χ3v) is 4.21. The molecule has 116 valence electrons. The molecule has 0 aliphatic carbocycles. The van der Waals surface area contributed by atoms with Crippen LogP contribution in [-0.4, -0.2) is 34.2 Å². The Kier molecular flexibility index (Phi) is 3.88. The van der Waals surface area contributed by atoms with Crippen molar-refractivity contribution in [2.45, 2.75) is 25.8 Å². The number of aromatic nitrogens is 2. The van der Waals surface area contributed by atoms with Gasteiger partial charge in [0.25, 0.3) is 5.91 Å². The van der Waals surface area contributed by atoms with Crippen molar-refractivity contribution in [2.75, 3.05) is 13.7 Å². The van der Waals surface area contributed by atoms with E-state index in [0.717, 1.165) is 36.4 Å². The highest BCUT2D eigenvalue weighted by atomic mass is 16.5. The van der Waals surface area contributed by atoms with Gasteiger partial charge in [0.05, 0.1) is 18.8 Å². The first-order valence-corrected chi connectivity index (χ1v) is 7.55. The molecule has 1 aliphatic rings. The third-order valence-electron chi connectivity index (χ3n) is 4.21. The van der Waals surface area contributed by atoms with E-state index in [4.69, 9.17) is 4.74 Å². The summed E-state index contributed by atoms with van der Waals surface area (Å²) in [5.74, 6) is 0.876. The Hall–Kier alpha value is -2.30. The van der Waals surface area contributed by atoms with E-state index in [1.807, 2.05) is 43.1 Å². The third kappa shape index (κ3) is 2.58. The van der Waals surface area contributed by atoms with E-state index in [0.29, 0.717) is 5.69 Å². The van der Waals surface area contributed by atoms with Crippen LogP contribution in [0.5, 0.6) is 5.75 Å². The highest BCUT2D eigenvalue weighted by Crippen LogP contribution is 2.34. The fourth-order valence-electron chi connectivity index (χ4n) is 3.16. The summed E-state index contributed by atoms with van der Waals surface area (Å²) in [4.78, 5) is 14.8. The van der Waals surface area contributed by atoms with E-state index in [1.165, 1.54) is 0 Å². The van der Waals surface area contributed by atoms with Crippen LogP contribution < -0.4 is 4.74 Å². The van der Waals surface area contributed by atoms with Crippen molar-refractivity contribution in [3.05, 3.63) is 47.3 Å². The lowest BCUT2D eigenvalue weighted by atomic mass is 10.0. The topological polar surface area (TPSA) is 47.4 Å². The second-order valence-electron chi connectivity index (χ2n) is 5.73. The molecule has 2 heterocycles. The van der Waals surface area contributed by atoms with Crippen molar-refractivity contribution in [2.24, 2.45) is 7.05 Å². The summed E-state index contributed by atoms with van der Waals surface area (Å²) in [7, 11) is 3.48. The molecule has 0 bridgehead atoms. The van der Waals surface area contributed by atoms with Gasteiger partial charge >= 0.3 is 0 Å². The van der Waals surface area contributed by atoms with E-state index >= 15 is 0 Å². The number of nitrogens with zero attached hydrogens (tertiary/aromatic N) is 3. The average Bonchev–Trinajstić information content (AvgIpc) is 3.13. The lowest BCUT2D eigenvalue weighted by Gasteiger charge is -2.25. The Labute approximate surface area is 130 Å². The second kappa shape index (κ2) is 5.83. The molecule has 3 rings (SSSR count). The van der Waals surface area contributed by atoms with Gasteiger partial charge in [0.1, 0.15) is 11.4 Å². The van der Waals surface area contributed by atoms with Crippen molar-refractivity contribution in [3.63, 3.8) is 0 Å². The predicted octanol–water partition coefficient (Wildman–Crippen LogP) is 2.71. The summed E-state index contributed by atoms with van der Waals surface area (Å²) in [5, 5.41) is 4.28. The molecule has 1 aromatic heterocycles. The van der Waals surface area contributed by atoms with Crippen molar-refractivity contribution < 1.29 is 9.53 Å². The molecule has 0 saturated carbocycles. The van der Waals surface area contributed by atoms with Gasteiger partial charge in [-0.05, 0) is 43.5 Å². The summed E-state index contributed by atoms with van der Waals surface area (Å²) in [6, 6.07) is 9.94. The zero-order chi connectivity index (χ0) is 15.7. The highest BCUT2D eigenvalue weighted by Gasteiger charge is 2.32. The van der Waals surface area contributed by atoms with E-state index < -0.39 is 0 Å². The first-order chi connectivity index (χ1) is 10.6. The molecule has 1 atom stereocenters. The van der Waals surface area contributed by atoms with Gasteiger partial charge in [-0.3, -0.25) is 9.48 Å². The molecular weight excluding hydrogens is 278 g/mol. The van der Waals surface area contributed by atoms with Gasteiger partial charge in [-0.25, -0.2) is 0 Å². The molecule has 22 heavy (non-hydrogen) atoms. The number of likely N-dealkylation sites (tertiary alicyclic amines) is 1. The van der Waals surface area contributed by atoms with Gasteiger partial charge in [-0.1, -0.05) is 12.1 Å². The maximum absolute atomic E-state index is 12.9. The molecule has 1 aromatic carbocycles.